The Morgan fingerprint density at radius 1 is 1.22 bits per heavy atom. The summed E-state index contributed by atoms with van der Waals surface area (Å²) in [4.78, 5) is 0. The maximum atomic E-state index is 11.7. The van der Waals surface area contributed by atoms with Crippen molar-refractivity contribution >= 4 is 26.1 Å². The average Bonchev–Trinajstić information content (AvgIpc) is 2.40. The van der Waals surface area contributed by atoms with Gasteiger partial charge in [-0.2, -0.15) is 12.7 Å². The minimum absolute atomic E-state index is 0.460. The third-order valence-corrected chi connectivity index (χ3v) is 5.48. The SMILES string of the molecule is CNS(=O)(=O)N1CCC(c2ccc(Br)cc2)CC1. The van der Waals surface area contributed by atoms with Gasteiger partial charge in [0.1, 0.15) is 0 Å². The predicted molar refractivity (Wildman–Crippen MR) is 75.7 cm³/mol. The van der Waals surface area contributed by atoms with Crippen LogP contribution in [0, 0.1) is 0 Å². The number of nitrogens with zero attached hydrogens (tertiary/aromatic N) is 1. The Bertz CT molecular complexity index is 493. The molecule has 0 saturated carbocycles. The molecule has 2 rings (SSSR count). The molecule has 0 aliphatic carbocycles. The van der Waals surface area contributed by atoms with Crippen LogP contribution in [0.25, 0.3) is 0 Å². The van der Waals surface area contributed by atoms with Gasteiger partial charge in [-0.1, -0.05) is 28.1 Å². The molecule has 0 unspecified atom stereocenters. The molecule has 6 heteroatoms. The van der Waals surface area contributed by atoms with Gasteiger partial charge in [0.15, 0.2) is 0 Å². The lowest BCUT2D eigenvalue weighted by molar-refractivity contribution is 0.317. The number of piperidine rings is 1. The number of hydrogen-bond acceptors (Lipinski definition) is 2. The number of benzene rings is 1. The van der Waals surface area contributed by atoms with Crippen LogP contribution in [0.4, 0.5) is 0 Å². The van der Waals surface area contributed by atoms with Crippen LogP contribution in [0.1, 0.15) is 24.3 Å². The van der Waals surface area contributed by atoms with E-state index >= 15 is 0 Å². The van der Waals surface area contributed by atoms with E-state index in [1.54, 1.807) is 0 Å². The van der Waals surface area contributed by atoms with Gasteiger partial charge in [-0.25, -0.2) is 4.72 Å². The van der Waals surface area contributed by atoms with Crippen LogP contribution in [0.5, 0.6) is 0 Å². The van der Waals surface area contributed by atoms with Gasteiger partial charge in [0.05, 0.1) is 0 Å². The van der Waals surface area contributed by atoms with E-state index in [1.165, 1.54) is 16.9 Å². The van der Waals surface area contributed by atoms with E-state index < -0.39 is 10.2 Å². The van der Waals surface area contributed by atoms with Gasteiger partial charge in [-0.3, -0.25) is 0 Å². The molecular weight excluding hydrogens is 316 g/mol. The molecule has 1 N–H and O–H groups in total. The van der Waals surface area contributed by atoms with Crippen molar-refractivity contribution in [2.24, 2.45) is 0 Å². The van der Waals surface area contributed by atoms with Crippen LogP contribution in [0.15, 0.2) is 28.7 Å². The largest absolute Gasteiger partial charge is 0.279 e. The van der Waals surface area contributed by atoms with E-state index in [0.717, 1.165) is 17.3 Å². The van der Waals surface area contributed by atoms with Crippen molar-refractivity contribution < 1.29 is 8.42 Å². The van der Waals surface area contributed by atoms with Crippen LogP contribution in [-0.4, -0.2) is 32.9 Å². The molecule has 1 saturated heterocycles. The first kappa shape index (κ1) is 14.0. The van der Waals surface area contributed by atoms with Gasteiger partial charge >= 0.3 is 0 Å². The van der Waals surface area contributed by atoms with E-state index in [-0.39, 0.29) is 0 Å². The van der Waals surface area contributed by atoms with E-state index in [0.29, 0.717) is 19.0 Å². The van der Waals surface area contributed by atoms with E-state index in [2.05, 4.69) is 32.8 Å². The lowest BCUT2D eigenvalue weighted by Gasteiger charge is -2.31. The first-order chi connectivity index (χ1) is 8.53. The zero-order valence-corrected chi connectivity index (χ0v) is 12.7. The van der Waals surface area contributed by atoms with Crippen molar-refractivity contribution in [2.75, 3.05) is 20.1 Å². The van der Waals surface area contributed by atoms with Gasteiger partial charge in [-0.05, 0) is 36.5 Å². The summed E-state index contributed by atoms with van der Waals surface area (Å²) in [5.41, 5.74) is 1.29. The van der Waals surface area contributed by atoms with Gasteiger partial charge < -0.3 is 0 Å². The molecule has 4 nitrogen and oxygen atoms in total. The minimum atomic E-state index is -3.26. The minimum Gasteiger partial charge on any atom is -0.205 e. The fraction of sp³-hybridized carbons (Fsp3) is 0.500. The number of nitrogens with one attached hydrogen (secondary N) is 1. The van der Waals surface area contributed by atoms with Crippen molar-refractivity contribution in [2.45, 2.75) is 18.8 Å². The van der Waals surface area contributed by atoms with Crippen LogP contribution >= 0.6 is 15.9 Å². The van der Waals surface area contributed by atoms with Gasteiger partial charge in [0, 0.05) is 24.6 Å². The average molecular weight is 333 g/mol. The standard InChI is InChI=1S/C12H17BrN2O2S/c1-14-18(16,17)15-8-6-11(7-9-15)10-2-4-12(13)5-3-10/h2-5,11,14H,6-9H2,1H3. The maximum Gasteiger partial charge on any atom is 0.279 e. The topological polar surface area (TPSA) is 49.4 Å². The molecule has 0 spiro atoms. The summed E-state index contributed by atoms with van der Waals surface area (Å²) < 4.78 is 28.3. The smallest absolute Gasteiger partial charge is 0.205 e. The highest BCUT2D eigenvalue weighted by molar-refractivity contribution is 9.10. The van der Waals surface area contributed by atoms with Gasteiger partial charge in [0.2, 0.25) is 0 Å². The predicted octanol–water partition coefficient (Wildman–Crippen LogP) is 2.09. The summed E-state index contributed by atoms with van der Waals surface area (Å²) in [6.07, 6.45) is 1.76. The molecular formula is C12H17BrN2O2S. The third-order valence-electron chi connectivity index (χ3n) is 3.39. The van der Waals surface area contributed by atoms with Gasteiger partial charge in [-0.15, -0.1) is 0 Å². The Morgan fingerprint density at radius 2 is 1.78 bits per heavy atom. The summed E-state index contributed by atoms with van der Waals surface area (Å²) in [5.74, 6) is 0.460. The zero-order chi connectivity index (χ0) is 13.2. The van der Waals surface area contributed by atoms with Crippen molar-refractivity contribution in [3.8, 4) is 0 Å². The molecule has 18 heavy (non-hydrogen) atoms. The molecule has 0 aromatic heterocycles. The second kappa shape index (κ2) is 5.69. The second-order valence-corrected chi connectivity index (χ2v) is 7.22. The molecule has 1 aromatic rings. The highest BCUT2D eigenvalue weighted by Gasteiger charge is 2.27. The van der Waals surface area contributed by atoms with E-state index in [9.17, 15) is 8.42 Å². The lowest BCUT2D eigenvalue weighted by atomic mass is 9.90. The quantitative estimate of drug-likeness (QED) is 0.921. The Balaban J connectivity index is 2.01. The first-order valence-corrected chi connectivity index (χ1v) is 8.20. The van der Waals surface area contributed by atoms with E-state index in [4.69, 9.17) is 0 Å². The molecule has 1 aliphatic rings. The van der Waals surface area contributed by atoms with Crippen molar-refractivity contribution in [1.82, 2.24) is 9.03 Å². The highest BCUT2D eigenvalue weighted by Crippen LogP contribution is 2.29. The van der Waals surface area contributed by atoms with Crippen molar-refractivity contribution in [1.29, 1.82) is 0 Å². The molecule has 1 fully saturated rings. The van der Waals surface area contributed by atoms with E-state index in [1.807, 2.05) is 12.1 Å². The number of hydrogen-bond donors (Lipinski definition) is 1. The van der Waals surface area contributed by atoms with Crippen LogP contribution < -0.4 is 4.72 Å². The molecule has 1 heterocycles. The Kier molecular flexibility index (Phi) is 4.42. The molecule has 1 aliphatic heterocycles. The first-order valence-electron chi connectivity index (χ1n) is 5.97. The summed E-state index contributed by atoms with van der Waals surface area (Å²) in [5, 5.41) is 0. The Hall–Kier alpha value is -0.430. The lowest BCUT2D eigenvalue weighted by Crippen LogP contribution is -2.43. The summed E-state index contributed by atoms with van der Waals surface area (Å²) >= 11 is 3.42. The molecule has 0 bridgehead atoms. The summed E-state index contributed by atoms with van der Waals surface area (Å²) in [7, 11) is -1.80. The summed E-state index contributed by atoms with van der Waals surface area (Å²) in [6.45, 7) is 1.17. The Labute approximate surface area is 117 Å². The third kappa shape index (κ3) is 3.12. The second-order valence-electron chi connectivity index (χ2n) is 4.43. The molecule has 0 atom stereocenters. The Morgan fingerprint density at radius 3 is 2.28 bits per heavy atom. The summed E-state index contributed by atoms with van der Waals surface area (Å²) in [6, 6.07) is 8.28. The monoisotopic (exact) mass is 332 g/mol. The molecule has 1 aromatic carbocycles. The van der Waals surface area contributed by atoms with Crippen LogP contribution in [0.2, 0.25) is 0 Å². The molecule has 0 radical (unpaired) electrons. The maximum absolute atomic E-state index is 11.7. The zero-order valence-electron chi connectivity index (χ0n) is 10.3. The van der Waals surface area contributed by atoms with Gasteiger partial charge in [0.25, 0.3) is 10.2 Å². The molecule has 0 amide bonds. The van der Waals surface area contributed by atoms with Crippen molar-refractivity contribution in [3.63, 3.8) is 0 Å². The number of halogens is 1. The fourth-order valence-corrected chi connectivity index (χ4v) is 3.51. The normalized spacial score (nSPS) is 19.0. The molecule has 100 valence electrons. The fourth-order valence-electron chi connectivity index (χ4n) is 2.29. The van der Waals surface area contributed by atoms with Crippen LogP contribution in [-0.2, 0) is 10.2 Å². The van der Waals surface area contributed by atoms with Crippen molar-refractivity contribution in [3.05, 3.63) is 34.3 Å². The highest BCUT2D eigenvalue weighted by atomic mass is 79.9. The van der Waals surface area contributed by atoms with Crippen LogP contribution in [0.3, 0.4) is 0 Å². The number of rotatable bonds is 3.